The molecule has 0 aromatic rings. The summed E-state index contributed by atoms with van der Waals surface area (Å²) in [5.74, 6) is -0.242. The lowest BCUT2D eigenvalue weighted by Crippen LogP contribution is -2.55. The number of carbonyl (C=O) groups is 1. The third-order valence-electron chi connectivity index (χ3n) is 1.98. The van der Waals surface area contributed by atoms with Gasteiger partial charge in [-0.15, -0.1) is 12.4 Å². The van der Waals surface area contributed by atoms with Crippen LogP contribution in [0.15, 0.2) is 0 Å². The molecular weight excluding hydrogens is 206 g/mol. The molecular formula is C9H18ClNO3. The number of nitrogens with two attached hydrogens (primary N) is 1. The predicted molar refractivity (Wildman–Crippen MR) is 55.4 cm³/mol. The maximum Gasteiger partial charge on any atom is 0.318 e. The summed E-state index contributed by atoms with van der Waals surface area (Å²) in [4.78, 5) is 11.6. The summed E-state index contributed by atoms with van der Waals surface area (Å²) in [7, 11) is 0. The SMILES string of the molecule is CC(C)(C)OC(=O)C1(CN)COC1.Cl. The minimum atomic E-state index is -0.576. The summed E-state index contributed by atoms with van der Waals surface area (Å²) in [6, 6.07) is 0. The van der Waals surface area contributed by atoms with Crippen molar-refractivity contribution in [3.05, 3.63) is 0 Å². The highest BCUT2D eigenvalue weighted by Crippen LogP contribution is 2.29. The molecule has 2 N–H and O–H groups in total. The van der Waals surface area contributed by atoms with Crippen LogP contribution >= 0.6 is 12.4 Å². The van der Waals surface area contributed by atoms with E-state index in [9.17, 15) is 4.79 Å². The fourth-order valence-electron chi connectivity index (χ4n) is 1.05. The van der Waals surface area contributed by atoms with Gasteiger partial charge in [-0.05, 0) is 20.8 Å². The van der Waals surface area contributed by atoms with Crippen LogP contribution in [0.1, 0.15) is 20.8 Å². The van der Waals surface area contributed by atoms with Crippen LogP contribution < -0.4 is 5.73 Å². The molecule has 1 heterocycles. The first-order valence-electron chi connectivity index (χ1n) is 4.41. The molecule has 0 aromatic carbocycles. The highest BCUT2D eigenvalue weighted by atomic mass is 35.5. The third kappa shape index (κ3) is 2.83. The van der Waals surface area contributed by atoms with E-state index >= 15 is 0 Å². The van der Waals surface area contributed by atoms with Gasteiger partial charge in [-0.2, -0.15) is 0 Å². The van der Waals surface area contributed by atoms with Crippen LogP contribution in [0.3, 0.4) is 0 Å². The van der Waals surface area contributed by atoms with E-state index in [1.807, 2.05) is 20.8 Å². The smallest absolute Gasteiger partial charge is 0.318 e. The van der Waals surface area contributed by atoms with Gasteiger partial charge in [-0.3, -0.25) is 4.79 Å². The second-order valence-electron chi connectivity index (χ2n) is 4.48. The van der Waals surface area contributed by atoms with Crippen LogP contribution in [0, 0.1) is 5.41 Å². The normalized spacial score (nSPS) is 19.1. The number of rotatable bonds is 2. The lowest BCUT2D eigenvalue weighted by Gasteiger charge is -2.39. The quantitative estimate of drug-likeness (QED) is 0.701. The van der Waals surface area contributed by atoms with Gasteiger partial charge in [0.2, 0.25) is 0 Å². The lowest BCUT2D eigenvalue weighted by atomic mass is 9.86. The third-order valence-corrected chi connectivity index (χ3v) is 1.98. The molecule has 0 atom stereocenters. The first-order valence-corrected chi connectivity index (χ1v) is 4.41. The molecule has 0 aliphatic carbocycles. The van der Waals surface area contributed by atoms with Gasteiger partial charge >= 0.3 is 5.97 Å². The van der Waals surface area contributed by atoms with Crippen molar-refractivity contribution in [1.29, 1.82) is 0 Å². The summed E-state index contributed by atoms with van der Waals surface area (Å²) >= 11 is 0. The first-order chi connectivity index (χ1) is 5.90. The van der Waals surface area contributed by atoms with Gasteiger partial charge in [0, 0.05) is 6.54 Å². The van der Waals surface area contributed by atoms with Crippen LogP contribution in [0.2, 0.25) is 0 Å². The Kier molecular flexibility index (Phi) is 4.36. The van der Waals surface area contributed by atoms with Crippen molar-refractivity contribution in [3.63, 3.8) is 0 Å². The molecule has 0 bridgehead atoms. The van der Waals surface area contributed by atoms with Crippen molar-refractivity contribution in [2.45, 2.75) is 26.4 Å². The van der Waals surface area contributed by atoms with Crippen LogP contribution in [-0.2, 0) is 14.3 Å². The molecule has 0 unspecified atom stereocenters. The van der Waals surface area contributed by atoms with E-state index in [-0.39, 0.29) is 18.4 Å². The van der Waals surface area contributed by atoms with E-state index in [0.29, 0.717) is 19.8 Å². The standard InChI is InChI=1S/C9H17NO3.ClH/c1-8(2,3)13-7(11)9(4-10)5-12-6-9;/h4-6,10H2,1-3H3;1H. The Morgan fingerprint density at radius 1 is 1.50 bits per heavy atom. The van der Waals surface area contributed by atoms with Gasteiger partial charge in [0.05, 0.1) is 13.2 Å². The van der Waals surface area contributed by atoms with Crippen molar-refractivity contribution in [3.8, 4) is 0 Å². The largest absolute Gasteiger partial charge is 0.459 e. The summed E-state index contributed by atoms with van der Waals surface area (Å²) in [6.45, 7) is 6.59. The Morgan fingerprint density at radius 3 is 2.21 bits per heavy atom. The number of halogens is 1. The zero-order chi connectivity index (χ0) is 10.1. The van der Waals surface area contributed by atoms with Gasteiger partial charge in [0.15, 0.2) is 0 Å². The van der Waals surface area contributed by atoms with Crippen LogP contribution in [0.25, 0.3) is 0 Å². The number of esters is 1. The Balaban J connectivity index is 0.00000169. The monoisotopic (exact) mass is 223 g/mol. The number of carbonyl (C=O) groups excluding carboxylic acids is 1. The number of hydrogen-bond donors (Lipinski definition) is 1. The Morgan fingerprint density at radius 2 is 2.00 bits per heavy atom. The van der Waals surface area contributed by atoms with Crippen molar-refractivity contribution in [1.82, 2.24) is 0 Å². The highest BCUT2D eigenvalue weighted by Gasteiger charge is 2.47. The van der Waals surface area contributed by atoms with E-state index in [1.165, 1.54) is 0 Å². The molecule has 14 heavy (non-hydrogen) atoms. The second-order valence-corrected chi connectivity index (χ2v) is 4.48. The van der Waals surface area contributed by atoms with Crippen molar-refractivity contribution in [2.24, 2.45) is 11.1 Å². The lowest BCUT2D eigenvalue weighted by molar-refractivity contribution is -0.194. The van der Waals surface area contributed by atoms with E-state index in [2.05, 4.69) is 0 Å². The van der Waals surface area contributed by atoms with Gasteiger partial charge in [0.25, 0.3) is 0 Å². The molecule has 5 heteroatoms. The molecule has 1 fully saturated rings. The number of hydrogen-bond acceptors (Lipinski definition) is 4. The predicted octanol–water partition coefficient (Wildman–Crippen LogP) is 0.725. The minimum Gasteiger partial charge on any atom is -0.459 e. The molecule has 1 saturated heterocycles. The fourth-order valence-corrected chi connectivity index (χ4v) is 1.05. The Hall–Kier alpha value is -0.320. The molecule has 84 valence electrons. The molecule has 1 aliphatic rings. The molecule has 1 rings (SSSR count). The molecule has 0 saturated carbocycles. The molecule has 0 spiro atoms. The summed E-state index contributed by atoms with van der Waals surface area (Å²) < 4.78 is 10.2. The Labute approximate surface area is 90.5 Å². The summed E-state index contributed by atoms with van der Waals surface area (Å²) in [6.07, 6.45) is 0. The zero-order valence-corrected chi connectivity index (χ0v) is 9.65. The van der Waals surface area contributed by atoms with Gasteiger partial charge in [-0.25, -0.2) is 0 Å². The maximum absolute atomic E-state index is 11.6. The highest BCUT2D eigenvalue weighted by molar-refractivity contribution is 5.85. The minimum absolute atomic E-state index is 0. The average molecular weight is 224 g/mol. The average Bonchev–Trinajstić information content (AvgIpc) is 1.80. The summed E-state index contributed by atoms with van der Waals surface area (Å²) in [5.41, 5.74) is 4.48. The van der Waals surface area contributed by atoms with Crippen molar-refractivity contribution < 1.29 is 14.3 Å². The topological polar surface area (TPSA) is 61.5 Å². The van der Waals surface area contributed by atoms with Crippen LogP contribution in [-0.4, -0.2) is 31.3 Å². The Bertz CT molecular complexity index is 203. The van der Waals surface area contributed by atoms with Gasteiger partial charge in [0.1, 0.15) is 11.0 Å². The molecule has 4 nitrogen and oxygen atoms in total. The van der Waals surface area contributed by atoms with E-state index in [1.54, 1.807) is 0 Å². The fraction of sp³-hybridized carbons (Fsp3) is 0.889. The van der Waals surface area contributed by atoms with Gasteiger partial charge < -0.3 is 15.2 Å². The van der Waals surface area contributed by atoms with E-state index < -0.39 is 11.0 Å². The van der Waals surface area contributed by atoms with Crippen molar-refractivity contribution >= 4 is 18.4 Å². The molecule has 0 amide bonds. The van der Waals surface area contributed by atoms with Crippen molar-refractivity contribution in [2.75, 3.05) is 19.8 Å². The van der Waals surface area contributed by atoms with Gasteiger partial charge in [-0.1, -0.05) is 0 Å². The molecule has 1 aliphatic heterocycles. The van der Waals surface area contributed by atoms with E-state index in [0.717, 1.165) is 0 Å². The summed E-state index contributed by atoms with van der Waals surface area (Å²) in [5, 5.41) is 0. The maximum atomic E-state index is 11.6. The molecule has 0 aromatic heterocycles. The molecule has 0 radical (unpaired) electrons. The zero-order valence-electron chi connectivity index (χ0n) is 8.83. The van der Waals surface area contributed by atoms with Crippen LogP contribution in [0.5, 0.6) is 0 Å². The van der Waals surface area contributed by atoms with Crippen LogP contribution in [0.4, 0.5) is 0 Å². The first kappa shape index (κ1) is 13.7. The number of ether oxygens (including phenoxy) is 2. The van der Waals surface area contributed by atoms with E-state index in [4.69, 9.17) is 15.2 Å². The second kappa shape index (κ2) is 4.47.